The highest BCUT2D eigenvalue weighted by Crippen LogP contribution is 2.41. The fourth-order valence-corrected chi connectivity index (χ4v) is 4.68. The third-order valence-corrected chi connectivity index (χ3v) is 6.20. The van der Waals surface area contributed by atoms with Gasteiger partial charge in [0.05, 0.1) is 0 Å². The lowest BCUT2D eigenvalue weighted by atomic mass is 9.92. The number of hydrogen-bond donors (Lipinski definition) is 1. The number of amides is 4. The summed E-state index contributed by atoms with van der Waals surface area (Å²) in [5.41, 5.74) is 3.30. The molecule has 2 aromatic rings. The number of hydrogen-bond acceptors (Lipinski definition) is 3. The molecule has 1 saturated heterocycles. The van der Waals surface area contributed by atoms with Crippen molar-refractivity contribution >= 4 is 17.8 Å². The van der Waals surface area contributed by atoms with Gasteiger partial charge in [-0.05, 0) is 41.5 Å². The summed E-state index contributed by atoms with van der Waals surface area (Å²) in [6, 6.07) is 15.3. The van der Waals surface area contributed by atoms with Gasteiger partial charge in [-0.25, -0.2) is 4.79 Å². The lowest BCUT2D eigenvalue weighted by Gasteiger charge is -2.30. The molecule has 2 aliphatic heterocycles. The average Bonchev–Trinajstić information content (AvgIpc) is 3.21. The molecule has 28 heavy (non-hydrogen) atoms. The molecule has 5 rings (SSSR count). The predicted octanol–water partition coefficient (Wildman–Crippen LogP) is 1.96. The number of aryl methyl sites for hydroxylation is 1. The molecule has 1 spiro atoms. The fourth-order valence-electron chi connectivity index (χ4n) is 4.68. The zero-order chi connectivity index (χ0) is 19.3. The number of carbonyl (C=O) groups is 3. The molecule has 0 aromatic heterocycles. The molecular formula is C22H21N3O3. The summed E-state index contributed by atoms with van der Waals surface area (Å²) in [5.74, 6) is -0.505. The van der Waals surface area contributed by atoms with Crippen LogP contribution in [-0.4, -0.2) is 40.7 Å². The molecule has 0 bridgehead atoms. The van der Waals surface area contributed by atoms with Crippen LogP contribution in [0.5, 0.6) is 0 Å². The minimum absolute atomic E-state index is 0.193. The van der Waals surface area contributed by atoms with Crippen molar-refractivity contribution in [3.8, 4) is 0 Å². The first-order valence-electron chi connectivity index (χ1n) is 9.65. The lowest BCUT2D eigenvalue weighted by molar-refractivity contribution is -0.139. The Morgan fingerprint density at radius 2 is 1.68 bits per heavy atom. The van der Waals surface area contributed by atoms with Crippen LogP contribution < -0.4 is 5.32 Å². The summed E-state index contributed by atoms with van der Waals surface area (Å²) in [7, 11) is 0. The Morgan fingerprint density at radius 3 is 2.50 bits per heavy atom. The van der Waals surface area contributed by atoms with Crippen LogP contribution in [0.25, 0.3) is 0 Å². The Bertz CT molecular complexity index is 1000. The Hall–Kier alpha value is -3.15. The summed E-state index contributed by atoms with van der Waals surface area (Å²) < 4.78 is 0. The first-order valence-corrected chi connectivity index (χ1v) is 9.65. The summed E-state index contributed by atoms with van der Waals surface area (Å²) in [4.78, 5) is 41.5. The molecule has 0 saturated carbocycles. The van der Waals surface area contributed by atoms with Crippen LogP contribution in [0.2, 0.25) is 0 Å². The number of urea groups is 1. The minimum atomic E-state index is -1.01. The molecular weight excluding hydrogens is 354 g/mol. The first-order chi connectivity index (χ1) is 13.6. The average molecular weight is 375 g/mol. The highest BCUT2D eigenvalue weighted by Gasteiger charge is 2.55. The quantitative estimate of drug-likeness (QED) is 0.816. The number of fused-ring (bicyclic) bond motifs is 3. The van der Waals surface area contributed by atoms with Gasteiger partial charge >= 0.3 is 6.03 Å². The van der Waals surface area contributed by atoms with Crippen molar-refractivity contribution in [1.82, 2.24) is 15.1 Å². The van der Waals surface area contributed by atoms with E-state index < -0.39 is 11.6 Å². The zero-order valence-electron chi connectivity index (χ0n) is 15.5. The second-order valence-electron chi connectivity index (χ2n) is 7.72. The van der Waals surface area contributed by atoms with Crippen LogP contribution in [0.1, 0.15) is 28.7 Å². The largest absolute Gasteiger partial charge is 0.336 e. The van der Waals surface area contributed by atoms with Crippen LogP contribution in [0.3, 0.4) is 0 Å². The lowest BCUT2D eigenvalue weighted by Crippen LogP contribution is -2.46. The van der Waals surface area contributed by atoms with Crippen LogP contribution in [0.4, 0.5) is 4.79 Å². The fraction of sp³-hybridized carbons (Fsp3) is 0.318. The zero-order valence-corrected chi connectivity index (χ0v) is 15.5. The Labute approximate surface area is 163 Å². The van der Waals surface area contributed by atoms with Crippen LogP contribution >= 0.6 is 0 Å². The third kappa shape index (κ3) is 2.44. The van der Waals surface area contributed by atoms with Crippen LogP contribution in [0, 0.1) is 0 Å². The maximum absolute atomic E-state index is 13.2. The van der Waals surface area contributed by atoms with Gasteiger partial charge in [-0.15, -0.1) is 0 Å². The van der Waals surface area contributed by atoms with Crippen molar-refractivity contribution in [3.63, 3.8) is 0 Å². The Kier molecular flexibility index (Phi) is 3.75. The molecule has 2 heterocycles. The normalized spacial score (nSPS) is 23.0. The maximum atomic E-state index is 13.2. The van der Waals surface area contributed by atoms with E-state index in [0.29, 0.717) is 19.5 Å². The molecule has 0 unspecified atom stereocenters. The van der Waals surface area contributed by atoms with Crippen molar-refractivity contribution < 1.29 is 14.4 Å². The van der Waals surface area contributed by atoms with E-state index in [1.807, 2.05) is 42.5 Å². The highest BCUT2D eigenvalue weighted by atomic mass is 16.2. The number of imide groups is 1. The number of carbonyl (C=O) groups excluding carboxylic acids is 3. The Morgan fingerprint density at radius 1 is 0.964 bits per heavy atom. The van der Waals surface area contributed by atoms with E-state index in [1.54, 1.807) is 4.90 Å². The van der Waals surface area contributed by atoms with Gasteiger partial charge in [0, 0.05) is 13.1 Å². The number of rotatable bonds is 2. The van der Waals surface area contributed by atoms with E-state index in [1.165, 1.54) is 5.56 Å². The van der Waals surface area contributed by atoms with E-state index in [9.17, 15) is 14.4 Å². The predicted molar refractivity (Wildman–Crippen MR) is 102 cm³/mol. The standard InChI is InChI=1S/C22H21N3O3/c26-19(24-12-10-15-5-1-2-7-17(15)13-24)14-25-20(27)22(23-21(25)28)11-9-16-6-3-4-8-18(16)22/h1-8H,9-14H2,(H,23,28)/t22-/m1/s1. The summed E-state index contributed by atoms with van der Waals surface area (Å²) in [6.45, 7) is 0.914. The van der Waals surface area contributed by atoms with Gasteiger partial charge in [0.15, 0.2) is 0 Å². The molecule has 6 heteroatoms. The van der Waals surface area contributed by atoms with Crippen molar-refractivity contribution in [2.75, 3.05) is 13.1 Å². The summed E-state index contributed by atoms with van der Waals surface area (Å²) >= 11 is 0. The number of benzene rings is 2. The molecule has 1 atom stereocenters. The first kappa shape index (κ1) is 17.0. The molecule has 3 aliphatic rings. The van der Waals surface area contributed by atoms with E-state index in [-0.39, 0.29) is 18.4 Å². The van der Waals surface area contributed by atoms with E-state index in [4.69, 9.17) is 0 Å². The van der Waals surface area contributed by atoms with E-state index >= 15 is 0 Å². The SMILES string of the molecule is O=C(CN1C(=O)N[C@@]2(CCc3ccccc32)C1=O)N1CCc2ccccc2C1. The molecule has 142 valence electrons. The summed E-state index contributed by atoms with van der Waals surface area (Å²) in [5, 5.41) is 2.88. The van der Waals surface area contributed by atoms with Gasteiger partial charge in [0.1, 0.15) is 12.1 Å². The molecule has 6 nitrogen and oxygen atoms in total. The smallest absolute Gasteiger partial charge is 0.325 e. The van der Waals surface area contributed by atoms with Crippen LogP contribution in [0.15, 0.2) is 48.5 Å². The monoisotopic (exact) mass is 375 g/mol. The third-order valence-electron chi connectivity index (χ3n) is 6.20. The molecule has 4 amide bonds. The maximum Gasteiger partial charge on any atom is 0.325 e. The number of nitrogens with zero attached hydrogens (tertiary/aromatic N) is 2. The van der Waals surface area contributed by atoms with Gasteiger partial charge in [-0.3, -0.25) is 14.5 Å². The molecule has 0 radical (unpaired) electrons. The second-order valence-corrected chi connectivity index (χ2v) is 7.72. The van der Waals surface area contributed by atoms with Gasteiger partial charge < -0.3 is 10.2 Å². The Balaban J connectivity index is 1.35. The van der Waals surface area contributed by atoms with Crippen LogP contribution in [-0.2, 0) is 34.5 Å². The van der Waals surface area contributed by atoms with E-state index in [2.05, 4.69) is 11.4 Å². The van der Waals surface area contributed by atoms with Crippen molar-refractivity contribution in [1.29, 1.82) is 0 Å². The molecule has 1 N–H and O–H groups in total. The van der Waals surface area contributed by atoms with E-state index in [0.717, 1.165) is 34.4 Å². The van der Waals surface area contributed by atoms with Gasteiger partial charge in [0.25, 0.3) is 5.91 Å². The molecule has 1 fully saturated rings. The molecule has 1 aliphatic carbocycles. The van der Waals surface area contributed by atoms with Gasteiger partial charge in [-0.2, -0.15) is 0 Å². The number of nitrogens with one attached hydrogen (secondary N) is 1. The second kappa shape index (κ2) is 6.19. The minimum Gasteiger partial charge on any atom is -0.336 e. The van der Waals surface area contributed by atoms with Crippen molar-refractivity contribution in [3.05, 3.63) is 70.8 Å². The van der Waals surface area contributed by atoms with Gasteiger partial charge in [0.2, 0.25) is 5.91 Å². The highest BCUT2D eigenvalue weighted by molar-refractivity contribution is 6.09. The van der Waals surface area contributed by atoms with Crippen molar-refractivity contribution in [2.45, 2.75) is 31.3 Å². The summed E-state index contributed by atoms with van der Waals surface area (Å²) in [6.07, 6.45) is 2.07. The molecule has 2 aromatic carbocycles. The van der Waals surface area contributed by atoms with Gasteiger partial charge in [-0.1, -0.05) is 48.5 Å². The topological polar surface area (TPSA) is 69.7 Å². The van der Waals surface area contributed by atoms with Crippen molar-refractivity contribution in [2.24, 2.45) is 0 Å².